The number of aromatic nitrogens is 5. The minimum Gasteiger partial charge on any atom is -0.382 e. The minimum atomic E-state index is -4.69. The molecule has 3 aromatic heterocycles. The largest absolute Gasteiger partial charge is 0.451 e. The number of hydrogen-bond acceptors (Lipinski definition) is 7. The monoisotopic (exact) mass is 562 g/mol. The van der Waals surface area contributed by atoms with Crippen molar-refractivity contribution in [2.45, 2.75) is 25.4 Å². The van der Waals surface area contributed by atoms with Crippen LogP contribution in [0.15, 0.2) is 59.2 Å². The number of alkyl halides is 3. The molecule has 1 aromatic carbocycles. The van der Waals surface area contributed by atoms with Gasteiger partial charge in [0.1, 0.15) is 17.7 Å². The molecule has 0 aliphatic carbocycles. The average Bonchev–Trinajstić information content (AvgIpc) is 3.15. The molecule has 1 atom stereocenters. The van der Waals surface area contributed by atoms with E-state index in [1.54, 1.807) is 18.2 Å². The number of halogens is 5. The molecule has 36 heavy (non-hydrogen) atoms. The Kier molecular flexibility index (Phi) is 7.02. The van der Waals surface area contributed by atoms with Gasteiger partial charge in [-0.15, -0.1) is 0 Å². The van der Waals surface area contributed by atoms with Gasteiger partial charge in [-0.25, -0.2) is 23.9 Å². The summed E-state index contributed by atoms with van der Waals surface area (Å²) in [5.74, 6) is -2.07. The molecule has 1 unspecified atom stereocenters. The summed E-state index contributed by atoms with van der Waals surface area (Å²) in [6.45, 7) is 1.89. The number of fused-ring (bicyclic) bond motifs is 1. The van der Waals surface area contributed by atoms with Gasteiger partial charge < -0.3 is 16.5 Å². The van der Waals surface area contributed by atoms with Gasteiger partial charge in [0.25, 0.3) is 0 Å². The first kappa shape index (κ1) is 25.2. The second-order valence-corrected chi connectivity index (χ2v) is 8.44. The highest BCUT2D eigenvalue weighted by Gasteiger charge is 2.35. The quantitative estimate of drug-likeness (QED) is 0.193. The molecule has 0 saturated heterocycles. The summed E-state index contributed by atoms with van der Waals surface area (Å²) in [7, 11) is 0. The summed E-state index contributed by atoms with van der Waals surface area (Å²) in [6, 6.07) is 6.12. The van der Waals surface area contributed by atoms with Gasteiger partial charge in [0.05, 0.1) is 11.4 Å². The van der Waals surface area contributed by atoms with Crippen molar-refractivity contribution in [1.82, 2.24) is 24.6 Å². The lowest BCUT2D eigenvalue weighted by Crippen LogP contribution is -2.11. The Morgan fingerprint density at radius 2 is 1.92 bits per heavy atom. The second kappa shape index (κ2) is 10.0. The average molecular weight is 563 g/mol. The third-order valence-corrected chi connectivity index (χ3v) is 6.30. The van der Waals surface area contributed by atoms with Crippen molar-refractivity contribution < 1.29 is 17.6 Å². The maximum atomic E-state index is 14.1. The molecule has 186 valence electrons. The highest BCUT2D eigenvalue weighted by Crippen LogP contribution is 2.43. The Morgan fingerprint density at radius 3 is 2.53 bits per heavy atom. The number of nitrogens with one attached hydrogen (secondary N) is 2. The fourth-order valence-electron chi connectivity index (χ4n) is 3.85. The third kappa shape index (κ3) is 4.65. The number of nitrogens with zero attached hydrogens (tertiary/aromatic N) is 5. The maximum absolute atomic E-state index is 14.1. The molecule has 0 aliphatic heterocycles. The van der Waals surface area contributed by atoms with E-state index in [0.717, 1.165) is 18.6 Å². The number of para-hydroxylation sites is 1. The van der Waals surface area contributed by atoms with Crippen molar-refractivity contribution in [3.8, 4) is 11.1 Å². The lowest BCUT2D eigenvalue weighted by molar-refractivity contribution is -0.144. The van der Waals surface area contributed by atoms with Gasteiger partial charge in [-0.1, -0.05) is 19.1 Å². The van der Waals surface area contributed by atoms with Crippen molar-refractivity contribution in [2.75, 3.05) is 11.1 Å². The standard InChI is InChI=1S/C23H19BrF4N8/c1-2-14(12(7-29)8-31-16-6-4-3-5-15(16)25)19-18(24)17(20-21(30)34-11-35-36(19)20)13-9-32-22(33-10-13)23(26,27)28/h3-11,14,29,31H,2H2,1H3,(H2,30,34,35)/b12-8+,29-7?. The van der Waals surface area contributed by atoms with E-state index < -0.39 is 23.7 Å². The number of nitrogen functional groups attached to an aromatic ring is 1. The zero-order valence-corrected chi connectivity index (χ0v) is 20.3. The second-order valence-electron chi connectivity index (χ2n) is 7.65. The number of allylic oxidation sites excluding steroid dienone is 1. The maximum Gasteiger partial charge on any atom is 0.451 e. The first-order valence-corrected chi connectivity index (χ1v) is 11.4. The topological polar surface area (TPSA) is 118 Å². The van der Waals surface area contributed by atoms with Crippen LogP contribution in [0.25, 0.3) is 16.6 Å². The van der Waals surface area contributed by atoms with Crippen LogP contribution in [0, 0.1) is 11.2 Å². The van der Waals surface area contributed by atoms with Crippen molar-refractivity contribution in [3.05, 3.63) is 76.6 Å². The van der Waals surface area contributed by atoms with Crippen LogP contribution in [0.2, 0.25) is 0 Å². The fraction of sp³-hybridized carbons (Fsp3) is 0.174. The molecule has 3 heterocycles. The molecule has 0 radical (unpaired) electrons. The van der Waals surface area contributed by atoms with Crippen LogP contribution >= 0.6 is 15.9 Å². The molecule has 0 aliphatic rings. The van der Waals surface area contributed by atoms with Crippen LogP contribution in [-0.4, -0.2) is 30.8 Å². The molecule has 4 N–H and O–H groups in total. The number of hydrogen-bond donors (Lipinski definition) is 3. The molecule has 0 spiro atoms. The van der Waals surface area contributed by atoms with E-state index in [0.29, 0.717) is 33.2 Å². The molecule has 4 rings (SSSR count). The fourth-order valence-corrected chi connectivity index (χ4v) is 4.71. The summed E-state index contributed by atoms with van der Waals surface area (Å²) in [5, 5.41) is 15.2. The van der Waals surface area contributed by atoms with Crippen LogP contribution in [0.3, 0.4) is 0 Å². The summed E-state index contributed by atoms with van der Waals surface area (Å²) in [6.07, 6.45) is 1.84. The van der Waals surface area contributed by atoms with Crippen molar-refractivity contribution >= 4 is 39.2 Å². The molecule has 4 aromatic rings. The van der Waals surface area contributed by atoms with E-state index in [9.17, 15) is 17.6 Å². The van der Waals surface area contributed by atoms with E-state index in [1.807, 2.05) is 6.92 Å². The number of nitrogens with two attached hydrogens (primary N) is 1. The third-order valence-electron chi connectivity index (χ3n) is 5.50. The van der Waals surface area contributed by atoms with Crippen molar-refractivity contribution in [3.63, 3.8) is 0 Å². The highest BCUT2D eigenvalue weighted by molar-refractivity contribution is 9.10. The van der Waals surface area contributed by atoms with Crippen LogP contribution in [0.4, 0.5) is 29.1 Å². The molecule has 0 amide bonds. The SMILES string of the molecule is CCC(/C(C=N)=C/Nc1ccccc1F)c1c(Br)c(-c2cnc(C(F)(F)F)nc2)c2c(N)ncnn12. The Labute approximate surface area is 210 Å². The summed E-state index contributed by atoms with van der Waals surface area (Å²) >= 11 is 3.57. The van der Waals surface area contributed by atoms with Gasteiger partial charge in [-0.05, 0) is 40.1 Å². The molecule has 8 nitrogen and oxygen atoms in total. The first-order valence-electron chi connectivity index (χ1n) is 10.6. The zero-order chi connectivity index (χ0) is 26.0. The lowest BCUT2D eigenvalue weighted by atomic mass is 9.93. The molecule has 0 bridgehead atoms. The van der Waals surface area contributed by atoms with E-state index in [1.165, 1.54) is 23.1 Å². The van der Waals surface area contributed by atoms with Crippen LogP contribution < -0.4 is 11.1 Å². The number of rotatable bonds is 7. The van der Waals surface area contributed by atoms with Crippen LogP contribution in [-0.2, 0) is 6.18 Å². The number of anilines is 2. The Bertz CT molecular complexity index is 1450. The van der Waals surface area contributed by atoms with E-state index in [-0.39, 0.29) is 17.1 Å². The van der Waals surface area contributed by atoms with Crippen LogP contribution in [0.5, 0.6) is 0 Å². The molecule has 0 fully saturated rings. The zero-order valence-electron chi connectivity index (χ0n) is 18.7. The predicted octanol–water partition coefficient (Wildman–Crippen LogP) is 5.83. The first-order chi connectivity index (χ1) is 17.2. The van der Waals surface area contributed by atoms with Gasteiger partial charge in [-0.2, -0.15) is 18.3 Å². The van der Waals surface area contributed by atoms with Gasteiger partial charge in [0.15, 0.2) is 5.82 Å². The van der Waals surface area contributed by atoms with Gasteiger partial charge in [-0.3, -0.25) is 0 Å². The number of benzene rings is 1. The smallest absolute Gasteiger partial charge is 0.382 e. The van der Waals surface area contributed by atoms with Crippen molar-refractivity contribution in [2.24, 2.45) is 0 Å². The Morgan fingerprint density at radius 1 is 1.22 bits per heavy atom. The normalized spacial score (nSPS) is 13.1. The summed E-state index contributed by atoms with van der Waals surface area (Å²) < 4.78 is 55.0. The Balaban J connectivity index is 1.87. The minimum absolute atomic E-state index is 0.0894. The Hall–Kier alpha value is -3.87. The van der Waals surface area contributed by atoms with E-state index in [2.05, 4.69) is 41.3 Å². The molecular weight excluding hydrogens is 544 g/mol. The molecule has 0 saturated carbocycles. The molecule has 13 heteroatoms. The summed E-state index contributed by atoms with van der Waals surface area (Å²) in [5.41, 5.74) is 8.46. The van der Waals surface area contributed by atoms with Gasteiger partial charge >= 0.3 is 6.18 Å². The highest BCUT2D eigenvalue weighted by atomic mass is 79.9. The van der Waals surface area contributed by atoms with E-state index in [4.69, 9.17) is 11.1 Å². The van der Waals surface area contributed by atoms with Gasteiger partial charge in [0, 0.05) is 46.3 Å². The molecular formula is C23H19BrF4N8. The van der Waals surface area contributed by atoms with Crippen molar-refractivity contribution in [1.29, 1.82) is 5.41 Å². The van der Waals surface area contributed by atoms with Gasteiger partial charge in [0.2, 0.25) is 5.82 Å². The van der Waals surface area contributed by atoms with Crippen LogP contribution in [0.1, 0.15) is 30.8 Å². The lowest BCUT2D eigenvalue weighted by Gasteiger charge is -2.17. The summed E-state index contributed by atoms with van der Waals surface area (Å²) in [4.78, 5) is 11.0. The predicted molar refractivity (Wildman–Crippen MR) is 131 cm³/mol. The van der Waals surface area contributed by atoms with E-state index >= 15 is 0 Å².